The zero-order valence-electron chi connectivity index (χ0n) is 23.2. The maximum Gasteiger partial charge on any atom is 0.247 e. The summed E-state index contributed by atoms with van der Waals surface area (Å²) in [6.45, 7) is 8.58. The average Bonchev–Trinajstić information content (AvgIpc) is 3.68. The molecule has 1 aromatic rings. The number of hydrazine groups is 1. The van der Waals surface area contributed by atoms with E-state index in [0.717, 1.165) is 55.5 Å². The molecule has 2 aliphatic carbocycles. The zero-order chi connectivity index (χ0) is 26.9. The van der Waals surface area contributed by atoms with Crippen LogP contribution in [0.15, 0.2) is 52.0 Å². The van der Waals surface area contributed by atoms with Crippen molar-refractivity contribution in [2.75, 3.05) is 6.54 Å². The van der Waals surface area contributed by atoms with Gasteiger partial charge in [0.1, 0.15) is 6.04 Å². The SMILES string of the molecule is CC.CC/C=C(/Sc1ccccc1C)C1CC(O)CN1C(=O)C(C1CCCCC1)N(N)/C=C(\N)C1CC1. The van der Waals surface area contributed by atoms with Crippen LogP contribution in [0, 0.1) is 18.8 Å². The van der Waals surface area contributed by atoms with Crippen molar-refractivity contribution < 1.29 is 9.90 Å². The van der Waals surface area contributed by atoms with E-state index in [2.05, 4.69) is 32.1 Å². The van der Waals surface area contributed by atoms with Gasteiger partial charge in [-0.15, -0.1) is 0 Å². The smallest absolute Gasteiger partial charge is 0.247 e. The van der Waals surface area contributed by atoms with E-state index in [4.69, 9.17) is 11.6 Å². The topological polar surface area (TPSA) is 95.8 Å². The second-order valence-electron chi connectivity index (χ2n) is 10.5. The van der Waals surface area contributed by atoms with Crippen molar-refractivity contribution in [3.63, 3.8) is 0 Å². The molecule has 5 N–H and O–H groups in total. The Morgan fingerprint density at radius 3 is 2.49 bits per heavy atom. The number of hydrogen-bond acceptors (Lipinski definition) is 6. The average molecular weight is 529 g/mol. The summed E-state index contributed by atoms with van der Waals surface area (Å²) in [5, 5.41) is 12.3. The first kappa shape index (κ1) is 29.6. The van der Waals surface area contributed by atoms with Gasteiger partial charge >= 0.3 is 0 Å². The fraction of sp³-hybridized carbons (Fsp3) is 0.633. The highest BCUT2D eigenvalue weighted by Gasteiger charge is 2.43. The minimum Gasteiger partial charge on any atom is -0.401 e. The summed E-state index contributed by atoms with van der Waals surface area (Å²) in [4.78, 5) is 18.4. The Morgan fingerprint density at radius 2 is 1.86 bits per heavy atom. The lowest BCUT2D eigenvalue weighted by Gasteiger charge is -2.39. The predicted molar refractivity (Wildman–Crippen MR) is 154 cm³/mol. The van der Waals surface area contributed by atoms with Crippen molar-refractivity contribution in [3.05, 3.63) is 52.7 Å². The number of carbonyl (C=O) groups is 1. The van der Waals surface area contributed by atoms with Crippen molar-refractivity contribution in [2.45, 2.75) is 109 Å². The van der Waals surface area contributed by atoms with Crippen LogP contribution in [-0.4, -0.2) is 45.7 Å². The summed E-state index contributed by atoms with van der Waals surface area (Å²) in [5.41, 5.74) is 8.29. The van der Waals surface area contributed by atoms with Crippen LogP contribution in [0.5, 0.6) is 0 Å². The molecule has 1 saturated heterocycles. The van der Waals surface area contributed by atoms with Gasteiger partial charge in [-0.05, 0) is 56.6 Å². The number of β-amino-alcohol motifs (C(OH)–C–C–N with tert-alkyl or cyclic N) is 1. The highest BCUT2D eigenvalue weighted by molar-refractivity contribution is 8.03. The molecule has 1 amide bonds. The number of rotatable bonds is 9. The molecule has 7 heteroatoms. The van der Waals surface area contributed by atoms with Gasteiger partial charge in [-0.2, -0.15) is 0 Å². The molecular weight excluding hydrogens is 480 g/mol. The molecule has 0 radical (unpaired) electrons. The van der Waals surface area contributed by atoms with Crippen LogP contribution in [-0.2, 0) is 4.79 Å². The van der Waals surface area contributed by atoms with Crippen molar-refractivity contribution in [2.24, 2.45) is 23.4 Å². The van der Waals surface area contributed by atoms with Crippen LogP contribution in [0.1, 0.15) is 84.1 Å². The predicted octanol–water partition coefficient (Wildman–Crippen LogP) is 5.70. The van der Waals surface area contributed by atoms with Gasteiger partial charge in [0.2, 0.25) is 5.91 Å². The number of nitrogens with two attached hydrogens (primary N) is 2. The molecular formula is C30H48N4O2S. The van der Waals surface area contributed by atoms with Crippen molar-refractivity contribution >= 4 is 17.7 Å². The second kappa shape index (κ2) is 14.3. The summed E-state index contributed by atoms with van der Waals surface area (Å²) in [7, 11) is 0. The third-order valence-corrected chi connectivity index (χ3v) is 8.99. The maximum absolute atomic E-state index is 14.2. The van der Waals surface area contributed by atoms with Gasteiger partial charge in [0.05, 0.1) is 12.1 Å². The molecule has 6 nitrogen and oxygen atoms in total. The maximum atomic E-state index is 14.2. The number of thioether (sulfide) groups is 1. The summed E-state index contributed by atoms with van der Waals surface area (Å²) >= 11 is 1.72. The first-order valence-corrected chi connectivity index (χ1v) is 15.1. The highest BCUT2D eigenvalue weighted by atomic mass is 32.2. The number of aryl methyl sites for hydroxylation is 1. The first-order valence-electron chi connectivity index (χ1n) is 14.3. The molecule has 3 aliphatic rings. The van der Waals surface area contributed by atoms with E-state index in [1.807, 2.05) is 30.9 Å². The summed E-state index contributed by atoms with van der Waals surface area (Å²) in [5.74, 6) is 7.21. The number of carbonyl (C=O) groups excluding carboxylic acids is 1. The highest BCUT2D eigenvalue weighted by Crippen LogP contribution is 2.39. The summed E-state index contributed by atoms with van der Waals surface area (Å²) in [6.07, 6.45) is 12.6. The monoisotopic (exact) mass is 528 g/mol. The van der Waals surface area contributed by atoms with E-state index in [-0.39, 0.29) is 17.9 Å². The van der Waals surface area contributed by atoms with Crippen LogP contribution in [0.2, 0.25) is 0 Å². The van der Waals surface area contributed by atoms with Gasteiger partial charge in [0.15, 0.2) is 0 Å². The number of hydrogen-bond donors (Lipinski definition) is 3. The van der Waals surface area contributed by atoms with E-state index in [1.165, 1.54) is 16.9 Å². The summed E-state index contributed by atoms with van der Waals surface area (Å²) < 4.78 is 0. The van der Waals surface area contributed by atoms with Crippen molar-refractivity contribution in [1.82, 2.24) is 9.91 Å². The normalized spacial score (nSPS) is 23.9. The number of benzene rings is 1. The Balaban J connectivity index is 0.00000186. The molecule has 0 aromatic heterocycles. The number of aliphatic hydroxyl groups is 1. The molecule has 3 atom stereocenters. The standard InChI is InChI=1S/C28H42N4O2S.C2H6/c1-3-9-26(35-25-13-8-7-10-19(25)2)24-16-22(33)17-31(24)28(34)27(21-11-5-4-6-12-21)32(30)18-23(29)20-14-15-20;1-2/h7-10,13,18,20-22,24,27,33H,3-6,11-12,14-17,29-30H2,1-2H3;1-2H3/b23-18-,26-9+;. The molecule has 0 bridgehead atoms. The largest absolute Gasteiger partial charge is 0.401 e. The van der Waals surface area contributed by atoms with Crippen LogP contribution in [0.25, 0.3) is 0 Å². The molecule has 1 heterocycles. The van der Waals surface area contributed by atoms with E-state index < -0.39 is 12.1 Å². The van der Waals surface area contributed by atoms with Gasteiger partial charge in [-0.3, -0.25) is 4.79 Å². The van der Waals surface area contributed by atoms with E-state index in [1.54, 1.807) is 23.0 Å². The molecule has 0 spiro atoms. The van der Waals surface area contributed by atoms with E-state index >= 15 is 0 Å². The van der Waals surface area contributed by atoms with Crippen molar-refractivity contribution in [1.29, 1.82) is 0 Å². The Kier molecular flexibility index (Phi) is 11.4. The Labute approximate surface area is 228 Å². The van der Waals surface area contributed by atoms with Gasteiger partial charge in [0.25, 0.3) is 0 Å². The molecule has 37 heavy (non-hydrogen) atoms. The third kappa shape index (κ3) is 7.78. The third-order valence-electron chi connectivity index (χ3n) is 7.63. The van der Waals surface area contributed by atoms with Gasteiger partial charge in [0, 0.05) is 40.6 Å². The molecule has 3 fully saturated rings. The first-order chi connectivity index (χ1) is 17.9. The number of allylic oxidation sites excluding steroid dienone is 2. The molecule has 1 aromatic carbocycles. The molecule has 2 saturated carbocycles. The molecule has 206 valence electrons. The van der Waals surface area contributed by atoms with E-state index in [9.17, 15) is 9.90 Å². The molecule has 1 aliphatic heterocycles. The van der Waals surface area contributed by atoms with Gasteiger partial charge in [-0.25, -0.2) is 5.84 Å². The minimum absolute atomic E-state index is 0.0215. The summed E-state index contributed by atoms with van der Waals surface area (Å²) in [6, 6.07) is 7.73. The molecule has 4 rings (SSSR count). The lowest BCUT2D eigenvalue weighted by atomic mass is 9.83. The lowest BCUT2D eigenvalue weighted by Crippen LogP contribution is -2.55. The lowest BCUT2D eigenvalue weighted by molar-refractivity contribution is -0.139. The van der Waals surface area contributed by atoms with Crippen LogP contribution < -0.4 is 11.6 Å². The van der Waals surface area contributed by atoms with Crippen LogP contribution in [0.4, 0.5) is 0 Å². The number of likely N-dealkylation sites (tertiary alicyclic amines) is 1. The Hall–Kier alpha value is -1.96. The Bertz CT molecular complexity index is 939. The van der Waals surface area contributed by atoms with Crippen LogP contribution >= 0.6 is 11.8 Å². The quantitative estimate of drug-likeness (QED) is 0.216. The number of nitrogens with zero attached hydrogens (tertiary/aromatic N) is 2. The fourth-order valence-corrected chi connectivity index (χ4v) is 6.78. The number of amides is 1. The van der Waals surface area contributed by atoms with Crippen LogP contribution in [0.3, 0.4) is 0 Å². The minimum atomic E-state index is -0.535. The van der Waals surface area contributed by atoms with E-state index in [0.29, 0.717) is 18.9 Å². The second-order valence-corrected chi connectivity index (χ2v) is 11.6. The fourth-order valence-electron chi connectivity index (χ4n) is 5.54. The van der Waals surface area contributed by atoms with Gasteiger partial charge in [-0.1, -0.05) is 76.1 Å². The Morgan fingerprint density at radius 1 is 1.19 bits per heavy atom. The number of aliphatic hydroxyl groups excluding tert-OH is 1. The molecule has 3 unspecified atom stereocenters. The zero-order valence-corrected chi connectivity index (χ0v) is 24.1. The van der Waals surface area contributed by atoms with Gasteiger partial charge < -0.3 is 20.7 Å². The van der Waals surface area contributed by atoms with Crippen molar-refractivity contribution in [3.8, 4) is 0 Å².